The summed E-state index contributed by atoms with van der Waals surface area (Å²) in [5, 5.41) is 28.3. The standard InChI is InChI=1S/C26H21N3O6/c30-12-20-19(31)10-21(35-20)29-11-17(25(33)28-26(29)34)24(32)27-18-9-7-15-5-4-13-2-1-3-14-6-8-16(18)23(15)22(13)14/h1-9,11,19-21,30-31H,10,12H2,(H,27,32)(H,28,33,34)/t19-,20+,21+/m0/s1. The lowest BCUT2D eigenvalue weighted by Gasteiger charge is -2.16. The smallest absolute Gasteiger partial charge is 0.330 e. The minimum atomic E-state index is -0.974. The van der Waals surface area contributed by atoms with Crippen molar-refractivity contribution >= 4 is 43.9 Å². The SMILES string of the molecule is O=C(Nc1ccc2ccc3cccc4ccc1c2c34)c1cn([C@H]2C[C@H](O)[C@@H](CO)O2)c(=O)[nH]c1=O. The van der Waals surface area contributed by atoms with Crippen LogP contribution in [0.3, 0.4) is 0 Å². The predicted molar refractivity (Wildman–Crippen MR) is 131 cm³/mol. The third kappa shape index (κ3) is 3.40. The number of amides is 1. The van der Waals surface area contributed by atoms with Crippen LogP contribution in [0.1, 0.15) is 23.0 Å². The summed E-state index contributed by atoms with van der Waals surface area (Å²) in [6.45, 7) is -0.419. The average molecular weight is 471 g/mol. The highest BCUT2D eigenvalue weighted by atomic mass is 16.5. The maximum Gasteiger partial charge on any atom is 0.330 e. The molecule has 0 aliphatic carbocycles. The Hall–Kier alpha value is -4.05. The number of carbonyl (C=O) groups is 1. The normalized spacial score (nSPS) is 20.2. The molecule has 1 aliphatic rings. The van der Waals surface area contributed by atoms with Crippen LogP contribution < -0.4 is 16.6 Å². The molecule has 176 valence electrons. The maximum absolute atomic E-state index is 13.2. The molecule has 0 radical (unpaired) electrons. The first-order valence-corrected chi connectivity index (χ1v) is 11.2. The minimum absolute atomic E-state index is 0.0350. The number of aliphatic hydroxyl groups is 2. The van der Waals surface area contributed by atoms with Gasteiger partial charge in [0.15, 0.2) is 0 Å². The van der Waals surface area contributed by atoms with Crippen LogP contribution in [0.25, 0.3) is 32.3 Å². The molecule has 0 spiro atoms. The zero-order valence-electron chi connectivity index (χ0n) is 18.4. The van der Waals surface area contributed by atoms with Crippen LogP contribution in [0.15, 0.2) is 70.4 Å². The number of hydrogen-bond donors (Lipinski definition) is 4. The molecule has 0 saturated carbocycles. The van der Waals surface area contributed by atoms with Crippen molar-refractivity contribution in [1.29, 1.82) is 0 Å². The fourth-order valence-corrected chi connectivity index (χ4v) is 4.95. The summed E-state index contributed by atoms with van der Waals surface area (Å²) in [5.41, 5.74) is -1.35. The first-order valence-electron chi connectivity index (χ1n) is 11.2. The van der Waals surface area contributed by atoms with Crippen LogP contribution in [0.5, 0.6) is 0 Å². The van der Waals surface area contributed by atoms with Crippen LogP contribution in [0.4, 0.5) is 5.69 Å². The number of aromatic amines is 1. The van der Waals surface area contributed by atoms with Crippen molar-refractivity contribution in [2.45, 2.75) is 24.9 Å². The van der Waals surface area contributed by atoms with Gasteiger partial charge in [-0.2, -0.15) is 0 Å². The van der Waals surface area contributed by atoms with Gasteiger partial charge in [-0.1, -0.05) is 48.5 Å². The average Bonchev–Trinajstić information content (AvgIpc) is 3.23. The van der Waals surface area contributed by atoms with E-state index in [0.29, 0.717) is 5.69 Å². The van der Waals surface area contributed by atoms with Crippen molar-refractivity contribution in [3.05, 3.63) is 87.2 Å². The van der Waals surface area contributed by atoms with Crippen molar-refractivity contribution in [3.63, 3.8) is 0 Å². The van der Waals surface area contributed by atoms with E-state index < -0.39 is 42.2 Å². The van der Waals surface area contributed by atoms with Gasteiger partial charge in [-0.05, 0) is 33.0 Å². The Kier molecular flexibility index (Phi) is 4.92. The number of ether oxygens (including phenoxy) is 1. The molecular formula is C26H21N3O6. The van der Waals surface area contributed by atoms with Crippen LogP contribution in [-0.2, 0) is 4.74 Å². The van der Waals surface area contributed by atoms with Gasteiger partial charge < -0.3 is 20.3 Å². The lowest BCUT2D eigenvalue weighted by atomic mass is 9.93. The molecule has 6 rings (SSSR count). The molecule has 3 atom stereocenters. The number of benzene rings is 4. The molecule has 1 aromatic heterocycles. The highest BCUT2D eigenvalue weighted by Crippen LogP contribution is 2.37. The number of hydrogen-bond acceptors (Lipinski definition) is 6. The number of nitrogens with zero attached hydrogens (tertiary/aromatic N) is 1. The van der Waals surface area contributed by atoms with E-state index in [1.807, 2.05) is 42.5 Å². The molecular weight excluding hydrogens is 450 g/mol. The molecule has 4 N–H and O–H groups in total. The fourth-order valence-electron chi connectivity index (χ4n) is 4.95. The lowest BCUT2D eigenvalue weighted by molar-refractivity contribution is -0.0459. The number of H-pyrrole nitrogens is 1. The zero-order chi connectivity index (χ0) is 24.3. The predicted octanol–water partition coefficient (Wildman–Crippen LogP) is 2.33. The van der Waals surface area contributed by atoms with Gasteiger partial charge in [0.05, 0.1) is 12.7 Å². The summed E-state index contributed by atoms with van der Waals surface area (Å²) in [6, 6.07) is 17.8. The van der Waals surface area contributed by atoms with Gasteiger partial charge in [0.2, 0.25) is 0 Å². The molecule has 9 nitrogen and oxygen atoms in total. The molecule has 5 aromatic rings. The van der Waals surface area contributed by atoms with Gasteiger partial charge in [0.1, 0.15) is 17.9 Å². The van der Waals surface area contributed by atoms with Gasteiger partial charge >= 0.3 is 5.69 Å². The summed E-state index contributed by atoms with van der Waals surface area (Å²) < 4.78 is 6.57. The molecule has 0 unspecified atom stereocenters. The highest BCUT2D eigenvalue weighted by Gasteiger charge is 2.35. The molecule has 2 heterocycles. The third-order valence-electron chi connectivity index (χ3n) is 6.68. The van der Waals surface area contributed by atoms with E-state index in [1.165, 1.54) is 0 Å². The second-order valence-electron chi connectivity index (χ2n) is 8.75. The van der Waals surface area contributed by atoms with Gasteiger partial charge in [-0.15, -0.1) is 0 Å². The number of rotatable bonds is 4. The van der Waals surface area contributed by atoms with Crippen molar-refractivity contribution in [2.75, 3.05) is 11.9 Å². The number of anilines is 1. The van der Waals surface area contributed by atoms with Gasteiger partial charge in [-0.3, -0.25) is 19.1 Å². The van der Waals surface area contributed by atoms with E-state index in [9.17, 15) is 24.6 Å². The summed E-state index contributed by atoms with van der Waals surface area (Å²) in [5.74, 6) is -0.688. The van der Waals surface area contributed by atoms with Crippen LogP contribution in [0, 0.1) is 0 Å². The second-order valence-corrected chi connectivity index (χ2v) is 8.75. The topological polar surface area (TPSA) is 134 Å². The van der Waals surface area contributed by atoms with Gasteiger partial charge in [0.25, 0.3) is 11.5 Å². The monoisotopic (exact) mass is 471 g/mol. The number of carbonyl (C=O) groups excluding carboxylic acids is 1. The Labute approximate surface area is 197 Å². The Balaban J connectivity index is 1.40. The number of nitrogens with one attached hydrogen (secondary N) is 2. The van der Waals surface area contributed by atoms with Crippen molar-refractivity contribution in [3.8, 4) is 0 Å². The zero-order valence-corrected chi connectivity index (χ0v) is 18.4. The second kappa shape index (κ2) is 8.02. The van der Waals surface area contributed by atoms with E-state index in [1.54, 1.807) is 6.07 Å². The number of aliphatic hydroxyl groups excluding tert-OH is 2. The van der Waals surface area contributed by atoms with Crippen LogP contribution >= 0.6 is 0 Å². The van der Waals surface area contributed by atoms with E-state index in [2.05, 4.69) is 16.4 Å². The Morgan fingerprint density at radius 1 is 1.03 bits per heavy atom. The first-order chi connectivity index (χ1) is 16.9. The minimum Gasteiger partial charge on any atom is -0.394 e. The molecule has 1 saturated heterocycles. The van der Waals surface area contributed by atoms with Gasteiger partial charge in [0, 0.05) is 23.7 Å². The third-order valence-corrected chi connectivity index (χ3v) is 6.68. The molecule has 1 aliphatic heterocycles. The Bertz CT molecular complexity index is 1710. The van der Waals surface area contributed by atoms with E-state index in [0.717, 1.165) is 43.1 Å². The van der Waals surface area contributed by atoms with Crippen molar-refractivity contribution in [2.24, 2.45) is 0 Å². The maximum atomic E-state index is 13.2. The molecule has 9 heteroatoms. The Morgan fingerprint density at radius 3 is 2.43 bits per heavy atom. The lowest BCUT2D eigenvalue weighted by Crippen LogP contribution is -2.36. The van der Waals surface area contributed by atoms with E-state index in [-0.39, 0.29) is 12.0 Å². The summed E-state index contributed by atoms with van der Waals surface area (Å²) in [7, 11) is 0. The number of aromatic nitrogens is 2. The largest absolute Gasteiger partial charge is 0.394 e. The quantitative estimate of drug-likeness (QED) is 0.297. The van der Waals surface area contributed by atoms with Gasteiger partial charge in [-0.25, -0.2) is 4.79 Å². The summed E-state index contributed by atoms with van der Waals surface area (Å²) >= 11 is 0. The van der Waals surface area contributed by atoms with E-state index >= 15 is 0 Å². The van der Waals surface area contributed by atoms with Crippen LogP contribution in [0.2, 0.25) is 0 Å². The van der Waals surface area contributed by atoms with Crippen molar-refractivity contribution < 1.29 is 19.7 Å². The van der Waals surface area contributed by atoms with E-state index in [4.69, 9.17) is 4.74 Å². The van der Waals surface area contributed by atoms with Crippen LogP contribution in [-0.4, -0.2) is 44.5 Å². The molecule has 4 aromatic carbocycles. The highest BCUT2D eigenvalue weighted by molar-refractivity contribution is 6.26. The molecule has 0 bridgehead atoms. The molecule has 1 fully saturated rings. The first kappa shape index (κ1) is 21.5. The van der Waals surface area contributed by atoms with Crippen molar-refractivity contribution in [1.82, 2.24) is 9.55 Å². The summed E-state index contributed by atoms with van der Waals surface area (Å²) in [6.07, 6.45) is -1.59. The Morgan fingerprint density at radius 2 is 1.71 bits per heavy atom. The molecule has 35 heavy (non-hydrogen) atoms. The summed E-state index contributed by atoms with van der Waals surface area (Å²) in [4.78, 5) is 40.2. The molecule has 1 amide bonds. The fraction of sp³-hybridized carbons (Fsp3) is 0.192.